The summed E-state index contributed by atoms with van der Waals surface area (Å²) < 4.78 is 10.8. The number of carbonyl (C=O) groups is 1. The maximum Gasteiger partial charge on any atom is 0.337 e. The minimum atomic E-state index is -1.55. The van der Waals surface area contributed by atoms with Crippen molar-refractivity contribution in [2.45, 2.75) is 12.2 Å². The van der Waals surface area contributed by atoms with E-state index in [4.69, 9.17) is 14.6 Å². The molecule has 0 bridgehead atoms. The molecule has 1 heterocycles. The summed E-state index contributed by atoms with van der Waals surface area (Å²) in [5.41, 5.74) is 0.283. The van der Waals surface area contributed by atoms with Crippen molar-refractivity contribution < 1.29 is 24.5 Å². The molecule has 0 amide bonds. The van der Waals surface area contributed by atoms with Gasteiger partial charge in [0.15, 0.2) is 17.6 Å². The molecular formula is C12H14O5S. The Morgan fingerprint density at radius 1 is 1.44 bits per heavy atom. The van der Waals surface area contributed by atoms with E-state index in [9.17, 15) is 9.90 Å². The third-order valence-electron chi connectivity index (χ3n) is 2.64. The highest BCUT2D eigenvalue weighted by molar-refractivity contribution is 8.00. The zero-order valence-electron chi connectivity index (χ0n) is 9.83. The number of benzene rings is 1. The zero-order valence-corrected chi connectivity index (χ0v) is 10.6. The average molecular weight is 270 g/mol. The lowest BCUT2D eigenvalue weighted by atomic mass is 10.1. The quantitative estimate of drug-likeness (QED) is 0.840. The van der Waals surface area contributed by atoms with Crippen molar-refractivity contribution in [2.75, 3.05) is 18.6 Å². The van der Waals surface area contributed by atoms with Crippen molar-refractivity contribution in [3.05, 3.63) is 23.8 Å². The molecule has 1 aliphatic rings. The van der Waals surface area contributed by atoms with Crippen LogP contribution in [-0.2, 0) is 4.79 Å². The molecule has 1 atom stereocenters. The monoisotopic (exact) mass is 270 g/mol. The second-order valence-corrected chi connectivity index (χ2v) is 5.00. The van der Waals surface area contributed by atoms with Gasteiger partial charge in [0.1, 0.15) is 6.10 Å². The Morgan fingerprint density at radius 2 is 2.17 bits per heavy atom. The van der Waals surface area contributed by atoms with Gasteiger partial charge in [-0.1, -0.05) is 6.07 Å². The van der Waals surface area contributed by atoms with Crippen LogP contribution in [0.4, 0.5) is 0 Å². The third-order valence-corrected chi connectivity index (χ3v) is 3.85. The molecule has 1 aliphatic heterocycles. The molecule has 0 aromatic heterocycles. The van der Waals surface area contributed by atoms with E-state index >= 15 is 0 Å². The van der Waals surface area contributed by atoms with E-state index in [-0.39, 0.29) is 11.7 Å². The highest BCUT2D eigenvalue weighted by Gasteiger charge is 2.23. The SMILES string of the molecule is COc1ccc(C(O)C(=O)O)cc1OC1CSC1. The van der Waals surface area contributed by atoms with Gasteiger partial charge in [-0.25, -0.2) is 4.79 Å². The first kappa shape index (κ1) is 13.0. The number of aliphatic hydroxyl groups is 1. The summed E-state index contributed by atoms with van der Waals surface area (Å²) in [5.74, 6) is 1.54. The van der Waals surface area contributed by atoms with E-state index in [1.54, 1.807) is 17.8 Å². The summed E-state index contributed by atoms with van der Waals surface area (Å²) in [6, 6.07) is 4.63. The zero-order chi connectivity index (χ0) is 13.1. The van der Waals surface area contributed by atoms with Crippen molar-refractivity contribution in [1.82, 2.24) is 0 Å². The molecule has 0 aliphatic carbocycles. The Kier molecular flexibility index (Phi) is 3.98. The molecule has 1 unspecified atom stereocenters. The fourth-order valence-electron chi connectivity index (χ4n) is 1.56. The van der Waals surface area contributed by atoms with E-state index in [0.29, 0.717) is 11.5 Å². The Balaban J connectivity index is 2.23. The van der Waals surface area contributed by atoms with Gasteiger partial charge in [0.25, 0.3) is 0 Å². The third kappa shape index (κ3) is 2.70. The molecule has 2 N–H and O–H groups in total. The molecule has 1 aromatic rings. The molecule has 1 aromatic carbocycles. The lowest BCUT2D eigenvalue weighted by Crippen LogP contribution is -2.31. The number of carboxylic acids is 1. The van der Waals surface area contributed by atoms with E-state index in [1.165, 1.54) is 19.2 Å². The number of aliphatic carboxylic acids is 1. The minimum Gasteiger partial charge on any atom is -0.493 e. The number of thioether (sulfide) groups is 1. The molecule has 0 spiro atoms. The standard InChI is InChI=1S/C12H14O5S/c1-16-9-3-2-7(11(13)12(14)15)4-10(9)17-8-5-18-6-8/h2-4,8,11,13H,5-6H2,1H3,(H,14,15). The van der Waals surface area contributed by atoms with Crippen LogP contribution in [0.5, 0.6) is 11.5 Å². The summed E-state index contributed by atoms with van der Waals surface area (Å²) in [6.45, 7) is 0. The molecule has 6 heteroatoms. The van der Waals surface area contributed by atoms with Crippen molar-refractivity contribution in [3.8, 4) is 11.5 Å². The van der Waals surface area contributed by atoms with Crippen LogP contribution >= 0.6 is 11.8 Å². The largest absolute Gasteiger partial charge is 0.493 e. The van der Waals surface area contributed by atoms with Crippen molar-refractivity contribution >= 4 is 17.7 Å². The highest BCUT2D eigenvalue weighted by atomic mass is 32.2. The van der Waals surface area contributed by atoms with Gasteiger partial charge < -0.3 is 19.7 Å². The normalized spacial score (nSPS) is 16.8. The molecule has 18 heavy (non-hydrogen) atoms. The smallest absolute Gasteiger partial charge is 0.337 e. The van der Waals surface area contributed by atoms with E-state index < -0.39 is 12.1 Å². The predicted octanol–water partition coefficient (Wildman–Crippen LogP) is 1.31. The first-order chi connectivity index (χ1) is 8.61. The van der Waals surface area contributed by atoms with Crippen molar-refractivity contribution in [3.63, 3.8) is 0 Å². The van der Waals surface area contributed by atoms with Gasteiger partial charge in [0.2, 0.25) is 0 Å². The number of hydrogen-bond acceptors (Lipinski definition) is 5. The molecule has 1 saturated heterocycles. The minimum absolute atomic E-state index is 0.126. The lowest BCUT2D eigenvalue weighted by Gasteiger charge is -2.27. The van der Waals surface area contributed by atoms with Crippen LogP contribution in [0.2, 0.25) is 0 Å². The number of aliphatic hydroxyl groups excluding tert-OH is 1. The summed E-state index contributed by atoms with van der Waals surface area (Å²) >= 11 is 1.78. The summed E-state index contributed by atoms with van der Waals surface area (Å²) in [7, 11) is 1.52. The van der Waals surface area contributed by atoms with Crippen LogP contribution in [0.1, 0.15) is 11.7 Å². The Labute approximate surface area is 109 Å². The number of methoxy groups -OCH3 is 1. The van der Waals surface area contributed by atoms with Crippen LogP contribution in [0.25, 0.3) is 0 Å². The fraction of sp³-hybridized carbons (Fsp3) is 0.417. The van der Waals surface area contributed by atoms with Gasteiger partial charge in [-0.15, -0.1) is 0 Å². The van der Waals surface area contributed by atoms with Crippen molar-refractivity contribution in [1.29, 1.82) is 0 Å². The molecule has 1 fully saturated rings. The maximum absolute atomic E-state index is 10.7. The topological polar surface area (TPSA) is 76.0 Å². The lowest BCUT2D eigenvalue weighted by molar-refractivity contribution is -0.146. The summed E-state index contributed by atoms with van der Waals surface area (Å²) in [6.07, 6.45) is -1.42. The molecule has 5 nitrogen and oxygen atoms in total. The van der Waals surface area contributed by atoms with Crippen LogP contribution in [-0.4, -0.2) is 40.9 Å². The van der Waals surface area contributed by atoms with Crippen molar-refractivity contribution in [2.24, 2.45) is 0 Å². The second kappa shape index (κ2) is 5.49. The van der Waals surface area contributed by atoms with Gasteiger partial charge in [-0.3, -0.25) is 0 Å². The summed E-state index contributed by atoms with van der Waals surface area (Å²) in [4.78, 5) is 10.7. The van der Waals surface area contributed by atoms with Gasteiger partial charge in [0.05, 0.1) is 7.11 Å². The van der Waals surface area contributed by atoms with Gasteiger partial charge >= 0.3 is 5.97 Å². The molecule has 98 valence electrons. The number of ether oxygens (including phenoxy) is 2. The summed E-state index contributed by atoms with van der Waals surface area (Å²) in [5, 5.41) is 18.3. The van der Waals surface area contributed by atoms with E-state index in [2.05, 4.69) is 0 Å². The first-order valence-corrected chi connectivity index (χ1v) is 6.60. The average Bonchev–Trinajstić information content (AvgIpc) is 2.32. The Morgan fingerprint density at radius 3 is 2.67 bits per heavy atom. The van der Waals surface area contributed by atoms with Crippen LogP contribution in [0, 0.1) is 0 Å². The molecule has 0 saturated carbocycles. The fourth-order valence-corrected chi connectivity index (χ4v) is 2.12. The number of rotatable bonds is 5. The van der Waals surface area contributed by atoms with E-state index in [1.807, 2.05) is 0 Å². The Hall–Kier alpha value is -1.40. The van der Waals surface area contributed by atoms with Gasteiger partial charge in [-0.05, 0) is 17.7 Å². The van der Waals surface area contributed by atoms with E-state index in [0.717, 1.165) is 11.5 Å². The van der Waals surface area contributed by atoms with Crippen LogP contribution in [0.15, 0.2) is 18.2 Å². The van der Waals surface area contributed by atoms with Gasteiger partial charge in [-0.2, -0.15) is 11.8 Å². The maximum atomic E-state index is 10.7. The second-order valence-electron chi connectivity index (χ2n) is 3.93. The van der Waals surface area contributed by atoms with Crippen LogP contribution < -0.4 is 9.47 Å². The first-order valence-electron chi connectivity index (χ1n) is 5.45. The Bertz CT molecular complexity index is 444. The number of carboxylic acid groups (broad SMARTS) is 1. The number of hydrogen-bond donors (Lipinski definition) is 2. The van der Waals surface area contributed by atoms with Gasteiger partial charge in [0, 0.05) is 11.5 Å². The highest BCUT2D eigenvalue weighted by Crippen LogP contribution is 2.33. The molecular weight excluding hydrogens is 256 g/mol. The predicted molar refractivity (Wildman–Crippen MR) is 67.3 cm³/mol. The van der Waals surface area contributed by atoms with Crippen LogP contribution in [0.3, 0.4) is 0 Å². The molecule has 2 rings (SSSR count). The molecule has 0 radical (unpaired) electrons.